The topological polar surface area (TPSA) is 315 Å². The summed E-state index contributed by atoms with van der Waals surface area (Å²) in [6.45, 7) is 18.4. The molecular weight excluding hydrogens is 1440 g/mol. The second-order valence-electron chi connectivity index (χ2n) is 28.4. The van der Waals surface area contributed by atoms with Crippen molar-refractivity contribution in [3.05, 3.63) is 125 Å². The van der Waals surface area contributed by atoms with Gasteiger partial charge in [0.2, 0.25) is 17.7 Å². The molecule has 0 bridgehead atoms. The van der Waals surface area contributed by atoms with E-state index in [1.807, 2.05) is 63.7 Å². The first-order chi connectivity index (χ1) is 54.4. The molecule has 0 saturated carbocycles. The first-order valence-electron chi connectivity index (χ1n) is 38.9. The zero-order valence-electron chi connectivity index (χ0n) is 65.3. The van der Waals surface area contributed by atoms with Gasteiger partial charge in [-0.25, -0.2) is 0 Å². The number of unbranched alkanes of at least 4 members (excludes halogenated alkanes) is 2. The van der Waals surface area contributed by atoms with Crippen LogP contribution in [0.2, 0.25) is 0 Å². The lowest BCUT2D eigenvalue weighted by molar-refractivity contribution is -0.137. The van der Waals surface area contributed by atoms with Crippen LogP contribution < -0.4 is 35.1 Å². The van der Waals surface area contributed by atoms with Gasteiger partial charge in [0.15, 0.2) is 17.3 Å². The summed E-state index contributed by atoms with van der Waals surface area (Å²) >= 11 is 0. The Kier molecular flexibility index (Phi) is 33.4. The van der Waals surface area contributed by atoms with Crippen LogP contribution in [0, 0.1) is 18.8 Å². The van der Waals surface area contributed by atoms with Gasteiger partial charge in [0.25, 0.3) is 23.6 Å². The number of Topliss-reactive ketones (excluding diaryl/α,β-unsaturated/α-hetero) is 1. The minimum absolute atomic E-state index is 0.0299. The maximum atomic E-state index is 14.2. The zero-order valence-corrected chi connectivity index (χ0v) is 65.3. The number of methoxy groups -OCH3 is 1. The largest absolute Gasteiger partial charge is 0.493 e. The molecule has 4 aromatic carbocycles. The van der Waals surface area contributed by atoms with E-state index in [1.165, 1.54) is 17.8 Å². The molecule has 3 N–H and O–H groups in total. The first kappa shape index (κ1) is 84.9. The number of benzene rings is 4. The average molecular weight is 1550 g/mol. The molecule has 1 saturated heterocycles. The maximum absolute atomic E-state index is 14.2. The van der Waals surface area contributed by atoms with Crippen LogP contribution in [0.25, 0.3) is 11.1 Å². The predicted octanol–water partition coefficient (Wildman–Crippen LogP) is 7.96. The molecule has 10 rings (SSSR count). The number of hydrogen-bond donors (Lipinski definition) is 3. The van der Waals surface area contributed by atoms with Crippen molar-refractivity contribution in [3.8, 4) is 17.2 Å². The number of ketones is 1. The minimum Gasteiger partial charge on any atom is -0.493 e. The van der Waals surface area contributed by atoms with Crippen molar-refractivity contribution in [3.63, 3.8) is 0 Å². The number of carbonyl (C=O) groups excluding carboxylic acids is 8. The highest BCUT2D eigenvalue weighted by molar-refractivity contribution is 6.13. The molecule has 0 aromatic heterocycles. The SMILES string of the molecule is COc1cc2c(cc1OCCCCCOc1cc3c(cc1C)C(=O)N1C=C(c4ccc(NC(=O)[C@H](C)CC(=O)[C@@H](NC(=O)CCOCCOCCOCCOCCOCCOCCOCCOCCNC(=O)CCN5C(=O)C=CC5=O)C(C)C)cc4)C[C@H]1C=N3)N=C[C@@H]1CC(c3ccc(N4CCN(C)CC4)cc3)=CN1C2=O. The maximum Gasteiger partial charge on any atom is 0.260 e. The van der Waals surface area contributed by atoms with E-state index >= 15 is 0 Å². The van der Waals surface area contributed by atoms with Crippen LogP contribution in [0.15, 0.2) is 107 Å². The lowest BCUT2D eigenvalue weighted by Gasteiger charge is -2.34. The lowest BCUT2D eigenvalue weighted by atomic mass is 9.92. The summed E-state index contributed by atoms with van der Waals surface area (Å²) in [4.78, 5) is 122. The quantitative estimate of drug-likeness (QED) is 0.0279. The van der Waals surface area contributed by atoms with E-state index in [4.69, 9.17) is 62.1 Å². The molecular formula is C83H108N10O19. The third-order valence-corrected chi connectivity index (χ3v) is 19.8. The molecule has 0 radical (unpaired) electrons. The Hall–Kier alpha value is -9.56. The van der Waals surface area contributed by atoms with Crippen molar-refractivity contribution in [1.29, 1.82) is 0 Å². The summed E-state index contributed by atoms with van der Waals surface area (Å²) in [7, 11) is 3.73. The van der Waals surface area contributed by atoms with Crippen LogP contribution in [0.1, 0.15) is 110 Å². The van der Waals surface area contributed by atoms with E-state index in [0.717, 1.165) is 78.2 Å². The molecule has 4 aromatic rings. The van der Waals surface area contributed by atoms with Crippen LogP contribution in [-0.4, -0.2) is 270 Å². The number of ether oxygens (including phenoxy) is 11. The molecule has 112 heavy (non-hydrogen) atoms. The summed E-state index contributed by atoms with van der Waals surface area (Å²) in [5.41, 5.74) is 8.64. The monoisotopic (exact) mass is 1550 g/mol. The third kappa shape index (κ3) is 25.2. The summed E-state index contributed by atoms with van der Waals surface area (Å²) in [6, 6.07) is 21.9. The van der Waals surface area contributed by atoms with Crippen molar-refractivity contribution in [1.82, 2.24) is 30.2 Å². The Labute approximate surface area is 655 Å². The summed E-state index contributed by atoms with van der Waals surface area (Å²) in [5.74, 6) is -1.55. The Bertz CT molecular complexity index is 3990. The van der Waals surface area contributed by atoms with Gasteiger partial charge in [-0.1, -0.05) is 45.0 Å². The van der Waals surface area contributed by atoms with Crippen molar-refractivity contribution in [2.75, 3.05) is 183 Å². The molecule has 29 heteroatoms. The number of anilines is 2. The Morgan fingerprint density at radius 2 is 1.02 bits per heavy atom. The fourth-order valence-electron chi connectivity index (χ4n) is 13.3. The number of imide groups is 1. The molecule has 0 aliphatic carbocycles. The fourth-order valence-corrected chi connectivity index (χ4v) is 13.3. The highest BCUT2D eigenvalue weighted by atomic mass is 16.6. The van der Waals surface area contributed by atoms with Gasteiger partial charge in [-0.2, -0.15) is 0 Å². The van der Waals surface area contributed by atoms with E-state index in [0.29, 0.717) is 171 Å². The number of nitrogens with one attached hydrogen (secondary N) is 3. The number of rotatable bonds is 49. The molecule has 0 unspecified atom stereocenters. The predicted molar refractivity (Wildman–Crippen MR) is 422 cm³/mol. The zero-order chi connectivity index (χ0) is 79.1. The van der Waals surface area contributed by atoms with Gasteiger partial charge in [-0.15, -0.1) is 0 Å². The van der Waals surface area contributed by atoms with Crippen LogP contribution in [0.4, 0.5) is 22.7 Å². The number of nitrogens with zero attached hydrogens (tertiary/aromatic N) is 7. The summed E-state index contributed by atoms with van der Waals surface area (Å²) < 4.78 is 62.4. The molecule has 6 heterocycles. The fraction of sp³-hybridized carbons (Fsp3) is 0.518. The van der Waals surface area contributed by atoms with Crippen molar-refractivity contribution >= 4 is 93.5 Å². The molecule has 4 atom stereocenters. The molecule has 1 fully saturated rings. The summed E-state index contributed by atoms with van der Waals surface area (Å²) in [5, 5.41) is 8.45. The van der Waals surface area contributed by atoms with Crippen LogP contribution >= 0.6 is 0 Å². The Morgan fingerprint density at radius 1 is 0.536 bits per heavy atom. The lowest BCUT2D eigenvalue weighted by Crippen LogP contribution is -2.45. The first-order valence-corrected chi connectivity index (χ1v) is 38.9. The van der Waals surface area contributed by atoms with Gasteiger partial charge in [0, 0.05) is 138 Å². The van der Waals surface area contributed by atoms with Gasteiger partial charge in [0.05, 0.1) is 167 Å². The standard InChI is InChI=1S/C83H108N10O19/c1-57(2)80(88-77(96)21-30-103-32-34-105-36-38-107-40-42-109-44-45-110-43-41-108-39-37-106-35-33-104-31-22-84-76(95)20-23-91-78(97)18-19-79(91)98)72(94)47-59(4)81(99)87-64-14-10-60(11-15-64)62-48-66-53-85-70-51-73(58(3)46-68(70)82(100)92(66)55-62)111-28-8-7-9-29-112-75-52-71-69(50-74(75)102-6)83(101)93-56-63(49-67(93)54-86-71)61-12-16-65(17-13-61)90-26-24-89(5)25-27-90/h10-19,46,50-57,59,66-67,80H,7-9,20-45,47-49H2,1-6H3,(H,84,95)(H,87,99)(H,88,96)/t59-,66+,67+,80+/m1/s1. The smallest absolute Gasteiger partial charge is 0.260 e. The van der Waals surface area contributed by atoms with E-state index in [-0.39, 0.29) is 92.3 Å². The minimum atomic E-state index is -0.782. The van der Waals surface area contributed by atoms with E-state index in [2.05, 4.69) is 57.1 Å². The van der Waals surface area contributed by atoms with E-state index < -0.39 is 23.8 Å². The number of aliphatic imine (C=N–C) groups is 2. The normalized spacial score (nSPS) is 17.1. The van der Waals surface area contributed by atoms with Gasteiger partial charge < -0.3 is 87.7 Å². The molecule has 7 amide bonds. The van der Waals surface area contributed by atoms with Gasteiger partial charge in [0.1, 0.15) is 5.75 Å². The molecule has 0 spiro atoms. The Morgan fingerprint density at radius 3 is 1.54 bits per heavy atom. The van der Waals surface area contributed by atoms with Crippen molar-refractivity contribution in [2.24, 2.45) is 21.8 Å². The van der Waals surface area contributed by atoms with Crippen LogP contribution in [0.3, 0.4) is 0 Å². The van der Waals surface area contributed by atoms with Crippen LogP contribution in [0.5, 0.6) is 17.2 Å². The average Bonchev–Trinajstić information content (AvgIpc) is 1.63. The van der Waals surface area contributed by atoms with Gasteiger partial charge in [-0.05, 0) is 103 Å². The second-order valence-corrected chi connectivity index (χ2v) is 28.4. The number of piperazine rings is 1. The number of amides is 7. The van der Waals surface area contributed by atoms with Crippen molar-refractivity contribution in [2.45, 2.75) is 97.2 Å². The number of aryl methyl sites for hydroxylation is 1. The second kappa shape index (κ2) is 44.0. The van der Waals surface area contributed by atoms with Gasteiger partial charge >= 0.3 is 0 Å². The third-order valence-electron chi connectivity index (χ3n) is 19.8. The van der Waals surface area contributed by atoms with Crippen molar-refractivity contribution < 1.29 is 90.5 Å². The summed E-state index contributed by atoms with van der Waals surface area (Å²) in [6.07, 6.45) is 13.4. The highest BCUT2D eigenvalue weighted by Gasteiger charge is 2.36. The molecule has 604 valence electrons. The molecule has 29 nitrogen and oxygen atoms in total. The molecule has 6 aliphatic heterocycles. The van der Waals surface area contributed by atoms with Crippen LogP contribution in [-0.2, 0) is 66.7 Å². The van der Waals surface area contributed by atoms with Gasteiger partial charge in [-0.3, -0.25) is 53.2 Å². The van der Waals surface area contributed by atoms with E-state index in [9.17, 15) is 38.4 Å². The molecule has 6 aliphatic rings. The number of carbonyl (C=O) groups is 8. The number of hydrogen-bond acceptors (Lipinski definition) is 23. The number of fused-ring (bicyclic) bond motifs is 4. The highest BCUT2D eigenvalue weighted by Crippen LogP contribution is 2.41. The Balaban J connectivity index is 0.529. The number of likely N-dealkylation sites (N-methyl/N-ethyl adjacent to an activating group) is 1. The van der Waals surface area contributed by atoms with E-state index in [1.54, 1.807) is 54.3 Å².